The van der Waals surface area contributed by atoms with Gasteiger partial charge in [-0.3, -0.25) is 19.3 Å². The zero-order valence-electron chi connectivity index (χ0n) is 18.5. The molecule has 2 rings (SSSR count). The number of anilines is 2. The molecule has 0 fully saturated rings. The van der Waals surface area contributed by atoms with Crippen LogP contribution in [0.1, 0.15) is 23.7 Å². The summed E-state index contributed by atoms with van der Waals surface area (Å²) >= 11 is 0. The standard InChI is InChI=1S/C23H30N4O4/c1-5-14-27(16-22(29)25-19-8-6-7-9-20(19)31-4)15-21(28)24-18-12-10-17(11-13-18)23(30)26(2)3/h6-13H,5,14-16H2,1-4H3,(H,24,28)(H,25,29). The van der Waals surface area contributed by atoms with E-state index < -0.39 is 0 Å². The number of para-hydroxylation sites is 2. The molecule has 0 saturated heterocycles. The van der Waals surface area contributed by atoms with Crippen LogP contribution in [0.4, 0.5) is 11.4 Å². The van der Waals surface area contributed by atoms with Gasteiger partial charge < -0.3 is 20.3 Å². The van der Waals surface area contributed by atoms with Crippen molar-refractivity contribution in [3.05, 3.63) is 54.1 Å². The lowest BCUT2D eigenvalue weighted by molar-refractivity contribution is -0.120. The van der Waals surface area contributed by atoms with Crippen LogP contribution in [0, 0.1) is 0 Å². The Morgan fingerprint density at radius 1 is 0.903 bits per heavy atom. The first-order chi connectivity index (χ1) is 14.8. The van der Waals surface area contributed by atoms with Crippen molar-refractivity contribution in [1.29, 1.82) is 0 Å². The number of ether oxygens (including phenoxy) is 1. The zero-order chi connectivity index (χ0) is 22.8. The summed E-state index contributed by atoms with van der Waals surface area (Å²) in [7, 11) is 4.91. The first-order valence-electron chi connectivity index (χ1n) is 10.1. The van der Waals surface area contributed by atoms with Crippen molar-refractivity contribution >= 4 is 29.1 Å². The monoisotopic (exact) mass is 426 g/mol. The summed E-state index contributed by atoms with van der Waals surface area (Å²) in [5.74, 6) is 0.0161. The van der Waals surface area contributed by atoms with Crippen LogP contribution in [0.15, 0.2) is 48.5 Å². The average molecular weight is 427 g/mol. The van der Waals surface area contributed by atoms with Crippen LogP contribution in [0.2, 0.25) is 0 Å². The minimum Gasteiger partial charge on any atom is -0.495 e. The fourth-order valence-electron chi connectivity index (χ4n) is 3.03. The Kier molecular flexibility index (Phi) is 9.02. The van der Waals surface area contributed by atoms with E-state index in [0.29, 0.717) is 29.2 Å². The summed E-state index contributed by atoms with van der Waals surface area (Å²) in [4.78, 5) is 40.2. The van der Waals surface area contributed by atoms with Crippen molar-refractivity contribution in [3.8, 4) is 5.75 Å². The number of carbonyl (C=O) groups is 3. The van der Waals surface area contributed by atoms with Gasteiger partial charge in [0.05, 0.1) is 25.9 Å². The van der Waals surface area contributed by atoms with Gasteiger partial charge in [0.15, 0.2) is 0 Å². The highest BCUT2D eigenvalue weighted by atomic mass is 16.5. The van der Waals surface area contributed by atoms with Gasteiger partial charge in [-0.15, -0.1) is 0 Å². The van der Waals surface area contributed by atoms with Gasteiger partial charge in [0.1, 0.15) is 5.75 Å². The van der Waals surface area contributed by atoms with Crippen LogP contribution in [0.5, 0.6) is 5.75 Å². The molecule has 8 nitrogen and oxygen atoms in total. The highest BCUT2D eigenvalue weighted by Gasteiger charge is 2.16. The molecule has 0 unspecified atom stereocenters. The lowest BCUT2D eigenvalue weighted by Crippen LogP contribution is -2.39. The van der Waals surface area contributed by atoms with E-state index in [1.54, 1.807) is 62.5 Å². The molecule has 0 aliphatic heterocycles. The molecule has 31 heavy (non-hydrogen) atoms. The minimum absolute atomic E-state index is 0.0750. The lowest BCUT2D eigenvalue weighted by Gasteiger charge is -2.21. The van der Waals surface area contributed by atoms with E-state index >= 15 is 0 Å². The number of amides is 3. The number of nitrogens with zero attached hydrogens (tertiary/aromatic N) is 2. The topological polar surface area (TPSA) is 91.0 Å². The van der Waals surface area contributed by atoms with Crippen LogP contribution < -0.4 is 15.4 Å². The maximum atomic E-state index is 12.5. The van der Waals surface area contributed by atoms with E-state index in [-0.39, 0.29) is 30.8 Å². The molecular formula is C23H30N4O4. The van der Waals surface area contributed by atoms with Crippen molar-refractivity contribution in [2.45, 2.75) is 13.3 Å². The third-order valence-corrected chi connectivity index (χ3v) is 4.48. The molecular weight excluding hydrogens is 396 g/mol. The second-order valence-corrected chi connectivity index (χ2v) is 7.28. The number of benzene rings is 2. The average Bonchev–Trinajstić information content (AvgIpc) is 2.74. The van der Waals surface area contributed by atoms with Gasteiger partial charge >= 0.3 is 0 Å². The molecule has 0 aromatic heterocycles. The van der Waals surface area contributed by atoms with Gasteiger partial charge in [0.25, 0.3) is 5.91 Å². The molecule has 3 amide bonds. The minimum atomic E-state index is -0.231. The molecule has 166 valence electrons. The molecule has 0 atom stereocenters. The van der Waals surface area contributed by atoms with Gasteiger partial charge in [-0.25, -0.2) is 0 Å². The Labute approximate surface area is 183 Å². The third-order valence-electron chi connectivity index (χ3n) is 4.48. The molecule has 0 aliphatic carbocycles. The van der Waals surface area contributed by atoms with Crippen LogP contribution >= 0.6 is 0 Å². The number of hydrogen-bond acceptors (Lipinski definition) is 5. The second-order valence-electron chi connectivity index (χ2n) is 7.28. The van der Waals surface area contributed by atoms with Crippen molar-refractivity contribution in [2.24, 2.45) is 0 Å². The van der Waals surface area contributed by atoms with Crippen LogP contribution in [0.3, 0.4) is 0 Å². The van der Waals surface area contributed by atoms with E-state index in [4.69, 9.17) is 4.74 Å². The molecule has 0 saturated carbocycles. The third kappa shape index (κ3) is 7.42. The Morgan fingerprint density at radius 2 is 1.52 bits per heavy atom. The summed E-state index contributed by atoms with van der Waals surface area (Å²) in [6.45, 7) is 2.74. The number of carbonyl (C=O) groups excluding carboxylic acids is 3. The molecule has 8 heteroatoms. The van der Waals surface area contributed by atoms with E-state index in [0.717, 1.165) is 6.42 Å². The second kappa shape index (κ2) is 11.7. The Balaban J connectivity index is 1.93. The maximum absolute atomic E-state index is 12.5. The fraction of sp³-hybridized carbons (Fsp3) is 0.348. The largest absolute Gasteiger partial charge is 0.495 e. The SMILES string of the molecule is CCCN(CC(=O)Nc1ccc(C(=O)N(C)C)cc1)CC(=O)Nc1ccccc1OC. The molecule has 0 bridgehead atoms. The molecule has 2 N–H and O–H groups in total. The number of methoxy groups -OCH3 is 1. The quantitative estimate of drug-likeness (QED) is 0.610. The molecule has 0 aliphatic rings. The molecule has 2 aromatic rings. The number of rotatable bonds is 10. The van der Waals surface area contributed by atoms with E-state index in [9.17, 15) is 14.4 Å². The predicted octanol–water partition coefficient (Wildman–Crippen LogP) is 2.69. The van der Waals surface area contributed by atoms with Crippen LogP contribution in [-0.4, -0.2) is 68.4 Å². The first kappa shape index (κ1) is 23.9. The predicted molar refractivity (Wildman–Crippen MR) is 121 cm³/mol. The zero-order valence-corrected chi connectivity index (χ0v) is 18.5. The fourth-order valence-corrected chi connectivity index (χ4v) is 3.03. The van der Waals surface area contributed by atoms with Gasteiger partial charge in [0.2, 0.25) is 11.8 Å². The van der Waals surface area contributed by atoms with Crippen molar-refractivity contribution in [1.82, 2.24) is 9.80 Å². The Hall–Kier alpha value is -3.39. The summed E-state index contributed by atoms with van der Waals surface area (Å²) in [6.07, 6.45) is 0.802. The Morgan fingerprint density at radius 3 is 2.10 bits per heavy atom. The highest BCUT2D eigenvalue weighted by molar-refractivity contribution is 5.97. The maximum Gasteiger partial charge on any atom is 0.253 e. The molecule has 0 heterocycles. The normalized spacial score (nSPS) is 10.5. The van der Waals surface area contributed by atoms with Gasteiger partial charge in [-0.2, -0.15) is 0 Å². The van der Waals surface area contributed by atoms with E-state index in [1.165, 1.54) is 4.90 Å². The van der Waals surface area contributed by atoms with Crippen molar-refractivity contribution in [2.75, 3.05) is 51.5 Å². The number of hydrogen-bond donors (Lipinski definition) is 2. The van der Waals surface area contributed by atoms with E-state index in [2.05, 4.69) is 10.6 Å². The van der Waals surface area contributed by atoms with Crippen LogP contribution in [-0.2, 0) is 9.59 Å². The van der Waals surface area contributed by atoms with Gasteiger partial charge in [-0.1, -0.05) is 19.1 Å². The number of nitrogens with one attached hydrogen (secondary N) is 2. The summed E-state index contributed by atoms with van der Waals surface area (Å²) in [5.41, 5.74) is 1.72. The highest BCUT2D eigenvalue weighted by Crippen LogP contribution is 2.22. The molecule has 0 spiro atoms. The van der Waals surface area contributed by atoms with Crippen molar-refractivity contribution in [3.63, 3.8) is 0 Å². The first-order valence-corrected chi connectivity index (χ1v) is 10.1. The van der Waals surface area contributed by atoms with Crippen molar-refractivity contribution < 1.29 is 19.1 Å². The summed E-state index contributed by atoms with van der Waals surface area (Å²) in [5, 5.41) is 5.64. The van der Waals surface area contributed by atoms with Gasteiger partial charge in [0, 0.05) is 25.3 Å². The van der Waals surface area contributed by atoms with Gasteiger partial charge in [-0.05, 0) is 49.4 Å². The van der Waals surface area contributed by atoms with E-state index in [1.807, 2.05) is 19.1 Å². The molecule has 2 aromatic carbocycles. The summed E-state index contributed by atoms with van der Waals surface area (Å²) < 4.78 is 5.25. The summed E-state index contributed by atoms with van der Waals surface area (Å²) in [6, 6.07) is 13.9. The van der Waals surface area contributed by atoms with Crippen LogP contribution in [0.25, 0.3) is 0 Å². The Bertz CT molecular complexity index is 897. The lowest BCUT2D eigenvalue weighted by atomic mass is 10.2. The molecule has 0 radical (unpaired) electrons. The smallest absolute Gasteiger partial charge is 0.253 e.